The highest BCUT2D eigenvalue weighted by Gasteiger charge is 2.42. The van der Waals surface area contributed by atoms with Crippen molar-refractivity contribution >= 4 is 0 Å². The van der Waals surface area contributed by atoms with Crippen LogP contribution in [0.5, 0.6) is 0 Å². The Balaban J connectivity index is 4.69. The summed E-state index contributed by atoms with van der Waals surface area (Å²) in [6.07, 6.45) is 7.99. The molecule has 2 nitrogen and oxygen atoms in total. The second kappa shape index (κ2) is 8.49. The van der Waals surface area contributed by atoms with Crippen molar-refractivity contribution in [2.75, 3.05) is 13.2 Å². The van der Waals surface area contributed by atoms with E-state index in [1.54, 1.807) is 0 Å². The van der Waals surface area contributed by atoms with Crippen LogP contribution in [-0.2, 0) is 9.47 Å². The van der Waals surface area contributed by atoms with Crippen molar-refractivity contribution in [2.45, 2.75) is 64.6 Å². The quantitative estimate of drug-likeness (QED) is 0.399. The topological polar surface area (TPSA) is 18.5 Å². The van der Waals surface area contributed by atoms with Crippen molar-refractivity contribution in [3.05, 3.63) is 25.3 Å². The second-order valence-corrected chi connectivity index (χ2v) is 5.03. The van der Waals surface area contributed by atoms with Crippen molar-refractivity contribution in [2.24, 2.45) is 0 Å². The van der Waals surface area contributed by atoms with E-state index in [4.69, 9.17) is 9.47 Å². The van der Waals surface area contributed by atoms with E-state index in [-0.39, 0.29) is 0 Å². The molecule has 0 radical (unpaired) electrons. The Kier molecular flexibility index (Phi) is 8.21. The van der Waals surface area contributed by atoms with E-state index in [0.29, 0.717) is 0 Å². The molecule has 0 bridgehead atoms. The highest BCUT2D eigenvalue weighted by molar-refractivity contribution is 5.15. The molecule has 0 aromatic heterocycles. The largest absolute Gasteiger partial charge is 0.368 e. The van der Waals surface area contributed by atoms with Gasteiger partial charge in [0.1, 0.15) is 11.2 Å². The summed E-state index contributed by atoms with van der Waals surface area (Å²) in [5, 5.41) is 0. The monoisotopic (exact) mass is 254 g/mol. The van der Waals surface area contributed by atoms with Gasteiger partial charge in [0.2, 0.25) is 0 Å². The maximum Gasteiger partial charge on any atom is 0.115 e. The lowest BCUT2D eigenvalue weighted by atomic mass is 9.85. The van der Waals surface area contributed by atoms with Gasteiger partial charge in [-0.2, -0.15) is 0 Å². The van der Waals surface area contributed by atoms with E-state index >= 15 is 0 Å². The van der Waals surface area contributed by atoms with Crippen LogP contribution in [-0.4, -0.2) is 24.4 Å². The van der Waals surface area contributed by atoms with E-state index in [9.17, 15) is 0 Å². The van der Waals surface area contributed by atoms with Gasteiger partial charge >= 0.3 is 0 Å². The molecule has 0 aromatic rings. The van der Waals surface area contributed by atoms with Crippen molar-refractivity contribution < 1.29 is 9.47 Å². The number of hydrogen-bond donors (Lipinski definition) is 0. The Hall–Kier alpha value is -0.600. The molecule has 0 aliphatic carbocycles. The third-order valence-electron chi connectivity index (χ3n) is 3.56. The second-order valence-electron chi connectivity index (χ2n) is 5.03. The predicted molar refractivity (Wildman–Crippen MR) is 78.9 cm³/mol. The third-order valence-corrected chi connectivity index (χ3v) is 3.56. The molecule has 0 rings (SSSR count). The zero-order valence-electron chi connectivity index (χ0n) is 12.6. The summed E-state index contributed by atoms with van der Waals surface area (Å²) in [7, 11) is 0. The minimum atomic E-state index is -0.530. The summed E-state index contributed by atoms with van der Waals surface area (Å²) in [5.41, 5.74) is -1.06. The van der Waals surface area contributed by atoms with Crippen molar-refractivity contribution in [3.63, 3.8) is 0 Å². The normalized spacial score (nSPS) is 17.8. The van der Waals surface area contributed by atoms with Crippen LogP contribution in [0.1, 0.15) is 53.4 Å². The maximum atomic E-state index is 5.99. The van der Waals surface area contributed by atoms with Gasteiger partial charge < -0.3 is 9.47 Å². The summed E-state index contributed by atoms with van der Waals surface area (Å²) in [4.78, 5) is 0. The lowest BCUT2D eigenvalue weighted by Gasteiger charge is -2.42. The van der Waals surface area contributed by atoms with Crippen molar-refractivity contribution in [3.8, 4) is 0 Å². The summed E-state index contributed by atoms with van der Waals surface area (Å²) in [6, 6.07) is 0. The summed E-state index contributed by atoms with van der Waals surface area (Å²) in [6.45, 7) is 17.6. The van der Waals surface area contributed by atoms with Gasteiger partial charge in [-0.15, -0.1) is 13.2 Å². The number of rotatable bonds is 11. The van der Waals surface area contributed by atoms with Crippen LogP contribution in [0, 0.1) is 0 Å². The first-order valence-electron chi connectivity index (χ1n) is 7.04. The third kappa shape index (κ3) is 4.58. The minimum absolute atomic E-state index is 0.530. The highest BCUT2D eigenvalue weighted by atomic mass is 16.6. The SMILES string of the molecule is C=CC(C)(OCCCC)C(C)(C=C)OCCCC. The standard InChI is InChI=1S/C16H30O2/c1-7-11-13-17-15(5,9-3)16(6,10-4)18-14-12-8-2/h9-10H,3-4,7-8,11-14H2,1-2,5-6H3. The average molecular weight is 254 g/mol. The minimum Gasteiger partial charge on any atom is -0.368 e. The van der Waals surface area contributed by atoms with Gasteiger partial charge in [-0.05, 0) is 26.7 Å². The Morgan fingerprint density at radius 1 is 0.833 bits per heavy atom. The van der Waals surface area contributed by atoms with Crippen LogP contribution in [0.15, 0.2) is 25.3 Å². The zero-order chi connectivity index (χ0) is 14.1. The fraction of sp³-hybridized carbons (Fsp3) is 0.750. The van der Waals surface area contributed by atoms with E-state index < -0.39 is 11.2 Å². The van der Waals surface area contributed by atoms with Crippen molar-refractivity contribution in [1.29, 1.82) is 0 Å². The van der Waals surface area contributed by atoms with Gasteiger partial charge in [0.05, 0.1) is 0 Å². The Bertz CT molecular complexity index is 223. The summed E-state index contributed by atoms with van der Waals surface area (Å²) in [5.74, 6) is 0. The number of unbranched alkanes of at least 4 members (excludes halogenated alkanes) is 2. The number of hydrogen-bond acceptors (Lipinski definition) is 2. The molecule has 0 amide bonds. The first kappa shape index (κ1) is 17.4. The predicted octanol–water partition coefficient (Wildman–Crippen LogP) is 4.51. The maximum absolute atomic E-state index is 5.99. The van der Waals surface area contributed by atoms with Gasteiger partial charge in [-0.1, -0.05) is 38.8 Å². The molecule has 0 saturated carbocycles. The molecule has 2 heteroatoms. The zero-order valence-corrected chi connectivity index (χ0v) is 12.6. The lowest BCUT2D eigenvalue weighted by molar-refractivity contribution is -0.145. The highest BCUT2D eigenvalue weighted by Crippen LogP contribution is 2.32. The van der Waals surface area contributed by atoms with Gasteiger partial charge in [0, 0.05) is 13.2 Å². The van der Waals surface area contributed by atoms with Gasteiger partial charge in [-0.25, -0.2) is 0 Å². The Morgan fingerprint density at radius 2 is 1.17 bits per heavy atom. The molecular weight excluding hydrogens is 224 g/mol. The Morgan fingerprint density at radius 3 is 1.39 bits per heavy atom. The molecule has 0 spiro atoms. The van der Waals surface area contributed by atoms with E-state index in [0.717, 1.165) is 38.9 Å². The first-order chi connectivity index (χ1) is 8.49. The molecule has 2 unspecified atom stereocenters. The van der Waals surface area contributed by atoms with Gasteiger partial charge in [-0.3, -0.25) is 0 Å². The van der Waals surface area contributed by atoms with E-state index in [2.05, 4.69) is 27.0 Å². The van der Waals surface area contributed by atoms with Crippen molar-refractivity contribution in [1.82, 2.24) is 0 Å². The summed E-state index contributed by atoms with van der Waals surface area (Å²) >= 11 is 0. The van der Waals surface area contributed by atoms with E-state index in [1.807, 2.05) is 26.0 Å². The molecule has 0 fully saturated rings. The molecule has 0 N–H and O–H groups in total. The molecule has 2 atom stereocenters. The molecule has 0 aromatic carbocycles. The van der Waals surface area contributed by atoms with Crippen LogP contribution < -0.4 is 0 Å². The molecule has 0 saturated heterocycles. The molecule has 0 heterocycles. The molecular formula is C16H30O2. The Labute approximate surface area is 113 Å². The fourth-order valence-corrected chi connectivity index (χ4v) is 1.67. The van der Waals surface area contributed by atoms with Crippen LogP contribution in [0.4, 0.5) is 0 Å². The first-order valence-corrected chi connectivity index (χ1v) is 7.04. The molecule has 0 aliphatic rings. The smallest absolute Gasteiger partial charge is 0.115 e. The van der Waals surface area contributed by atoms with Crippen LogP contribution in [0.3, 0.4) is 0 Å². The summed E-state index contributed by atoms with van der Waals surface area (Å²) < 4.78 is 12.0. The molecule has 18 heavy (non-hydrogen) atoms. The van der Waals surface area contributed by atoms with Crippen LogP contribution >= 0.6 is 0 Å². The van der Waals surface area contributed by atoms with Gasteiger partial charge in [0.15, 0.2) is 0 Å². The van der Waals surface area contributed by atoms with Crippen LogP contribution in [0.2, 0.25) is 0 Å². The van der Waals surface area contributed by atoms with E-state index in [1.165, 1.54) is 0 Å². The number of ether oxygens (including phenoxy) is 2. The van der Waals surface area contributed by atoms with Gasteiger partial charge in [0.25, 0.3) is 0 Å². The lowest BCUT2D eigenvalue weighted by Crippen LogP contribution is -2.51. The molecule has 0 aliphatic heterocycles. The average Bonchev–Trinajstić information content (AvgIpc) is 2.38. The van der Waals surface area contributed by atoms with Crippen LogP contribution in [0.25, 0.3) is 0 Å². The fourth-order valence-electron chi connectivity index (χ4n) is 1.67. The molecule has 106 valence electrons.